The summed E-state index contributed by atoms with van der Waals surface area (Å²) in [5.74, 6) is -0.263. The molecule has 0 saturated carbocycles. The second-order valence-corrected chi connectivity index (χ2v) is 7.95. The van der Waals surface area contributed by atoms with Gasteiger partial charge in [-0.2, -0.15) is 10.1 Å². The predicted molar refractivity (Wildman–Crippen MR) is 111 cm³/mol. The molecule has 0 unspecified atom stereocenters. The van der Waals surface area contributed by atoms with Crippen molar-refractivity contribution in [2.45, 2.75) is 6.54 Å². The Morgan fingerprint density at radius 2 is 1.93 bits per heavy atom. The van der Waals surface area contributed by atoms with Crippen LogP contribution in [0.3, 0.4) is 0 Å². The fourth-order valence-electron chi connectivity index (χ4n) is 3.29. The minimum atomic E-state index is -0.443. The number of non-ortho nitro benzene ring substituents is 1. The number of benzene rings is 1. The molecule has 150 valence electrons. The molecular weight excluding hydrogens is 392 g/mol. The van der Waals surface area contributed by atoms with Crippen LogP contribution in [0.2, 0.25) is 0 Å². The van der Waals surface area contributed by atoms with Crippen LogP contribution in [-0.4, -0.2) is 61.8 Å². The molecule has 0 bridgehead atoms. The van der Waals surface area contributed by atoms with E-state index in [1.54, 1.807) is 22.9 Å². The number of piperazine rings is 1. The highest BCUT2D eigenvalue weighted by Gasteiger charge is 2.28. The van der Waals surface area contributed by atoms with Crippen molar-refractivity contribution in [3.05, 3.63) is 62.8 Å². The Morgan fingerprint density at radius 1 is 1.21 bits per heavy atom. The standard InChI is InChI=1S/C19H20N6O3S/c1-22-12-15(11-20-22)13-23-6-8-24(9-7-23)19-21-18(26)17(29-19)10-14-2-4-16(5-3-14)25(27)28/h2-5,10-12H,6-9,13H2,1H3/b17-10-. The Morgan fingerprint density at radius 3 is 2.55 bits per heavy atom. The molecule has 0 aliphatic carbocycles. The highest BCUT2D eigenvalue weighted by Crippen LogP contribution is 2.31. The second-order valence-electron chi connectivity index (χ2n) is 6.94. The first kappa shape index (κ1) is 19.3. The van der Waals surface area contributed by atoms with E-state index in [1.807, 2.05) is 19.4 Å². The molecule has 2 aromatic rings. The van der Waals surface area contributed by atoms with E-state index in [2.05, 4.69) is 19.9 Å². The summed E-state index contributed by atoms with van der Waals surface area (Å²) in [5, 5.41) is 15.7. The number of nitrogens with zero attached hydrogens (tertiary/aromatic N) is 6. The number of nitro groups is 1. The average Bonchev–Trinajstić information content (AvgIpc) is 3.28. The number of hydrogen-bond donors (Lipinski definition) is 0. The van der Waals surface area contributed by atoms with Crippen LogP contribution in [-0.2, 0) is 18.4 Å². The predicted octanol–water partition coefficient (Wildman–Crippen LogP) is 2.12. The molecule has 29 heavy (non-hydrogen) atoms. The van der Waals surface area contributed by atoms with Crippen LogP contribution in [0.4, 0.5) is 5.69 Å². The molecule has 0 N–H and O–H groups in total. The van der Waals surface area contributed by atoms with Crippen LogP contribution >= 0.6 is 11.8 Å². The lowest BCUT2D eigenvalue weighted by molar-refractivity contribution is -0.384. The van der Waals surface area contributed by atoms with Crippen molar-refractivity contribution < 1.29 is 9.72 Å². The lowest BCUT2D eigenvalue weighted by Crippen LogP contribution is -2.47. The molecular formula is C19H20N6O3S. The first-order valence-electron chi connectivity index (χ1n) is 9.20. The Kier molecular flexibility index (Phi) is 5.45. The molecule has 1 aromatic carbocycles. The maximum Gasteiger partial charge on any atom is 0.286 e. The monoisotopic (exact) mass is 412 g/mol. The molecule has 3 heterocycles. The van der Waals surface area contributed by atoms with Crippen molar-refractivity contribution in [2.24, 2.45) is 12.0 Å². The van der Waals surface area contributed by atoms with Crippen LogP contribution in [0.15, 0.2) is 46.6 Å². The van der Waals surface area contributed by atoms with Crippen molar-refractivity contribution in [3.8, 4) is 0 Å². The van der Waals surface area contributed by atoms with Crippen LogP contribution in [0.25, 0.3) is 6.08 Å². The van der Waals surface area contributed by atoms with Gasteiger partial charge in [0.15, 0.2) is 5.17 Å². The first-order valence-corrected chi connectivity index (χ1v) is 10.0. The highest BCUT2D eigenvalue weighted by molar-refractivity contribution is 8.18. The van der Waals surface area contributed by atoms with Crippen LogP contribution < -0.4 is 0 Å². The second kappa shape index (κ2) is 8.18. The van der Waals surface area contributed by atoms with Crippen LogP contribution in [0, 0.1) is 10.1 Å². The maximum atomic E-state index is 12.3. The number of amidine groups is 1. The number of aliphatic imine (C=N–C) groups is 1. The number of hydrogen-bond acceptors (Lipinski definition) is 7. The van der Waals surface area contributed by atoms with Gasteiger partial charge >= 0.3 is 0 Å². The molecule has 1 saturated heterocycles. The summed E-state index contributed by atoms with van der Waals surface area (Å²) < 4.78 is 1.81. The van der Waals surface area contributed by atoms with Crippen LogP contribution in [0.1, 0.15) is 11.1 Å². The van der Waals surface area contributed by atoms with Crippen molar-refractivity contribution in [1.29, 1.82) is 0 Å². The van der Waals surface area contributed by atoms with E-state index < -0.39 is 4.92 Å². The molecule has 1 amide bonds. The molecule has 1 aromatic heterocycles. The Hall–Kier alpha value is -2.98. The average molecular weight is 412 g/mol. The molecule has 0 spiro atoms. The highest BCUT2D eigenvalue weighted by atomic mass is 32.2. The Labute approximate surface area is 171 Å². The zero-order chi connectivity index (χ0) is 20.4. The third kappa shape index (κ3) is 4.54. The van der Waals surface area contributed by atoms with Gasteiger partial charge in [0.1, 0.15) is 0 Å². The van der Waals surface area contributed by atoms with E-state index in [0.29, 0.717) is 4.91 Å². The fraction of sp³-hybridized carbons (Fsp3) is 0.316. The lowest BCUT2D eigenvalue weighted by atomic mass is 10.2. The Bertz CT molecular complexity index is 990. The van der Waals surface area contributed by atoms with Crippen molar-refractivity contribution in [2.75, 3.05) is 26.2 Å². The summed E-state index contributed by atoms with van der Waals surface area (Å²) in [4.78, 5) is 31.8. The normalized spacial score (nSPS) is 19.1. The van der Waals surface area contributed by atoms with Gasteiger partial charge in [-0.25, -0.2) is 0 Å². The quantitative estimate of drug-likeness (QED) is 0.431. The SMILES string of the molecule is Cn1cc(CN2CCN(C3=NC(=O)/C(=C/c4ccc([N+](=O)[O-])cc4)S3)CC2)cn1. The van der Waals surface area contributed by atoms with Gasteiger partial charge in [0, 0.05) is 63.7 Å². The smallest absolute Gasteiger partial charge is 0.286 e. The third-order valence-corrected chi connectivity index (χ3v) is 5.86. The fourth-order valence-corrected chi connectivity index (χ4v) is 4.25. The Balaban J connectivity index is 1.34. The molecule has 1 fully saturated rings. The number of carbonyl (C=O) groups excluding carboxylic acids is 1. The summed E-state index contributed by atoms with van der Waals surface area (Å²) >= 11 is 1.36. The molecule has 9 nitrogen and oxygen atoms in total. The zero-order valence-corrected chi connectivity index (χ0v) is 16.7. The number of nitro benzene ring substituents is 1. The summed E-state index contributed by atoms with van der Waals surface area (Å²) in [6, 6.07) is 6.13. The number of carbonyl (C=O) groups is 1. The van der Waals surface area contributed by atoms with Gasteiger partial charge < -0.3 is 4.90 Å². The first-order chi connectivity index (χ1) is 14.0. The topological polar surface area (TPSA) is 96.9 Å². The summed E-state index contributed by atoms with van der Waals surface area (Å²) in [6.07, 6.45) is 5.64. The summed E-state index contributed by atoms with van der Waals surface area (Å²) in [6.45, 7) is 4.27. The van der Waals surface area contributed by atoms with Gasteiger partial charge in [-0.1, -0.05) is 0 Å². The number of rotatable bonds is 4. The van der Waals surface area contributed by atoms with Gasteiger partial charge in [0.25, 0.3) is 11.6 Å². The van der Waals surface area contributed by atoms with Gasteiger partial charge in [0.05, 0.1) is 16.0 Å². The number of aromatic nitrogens is 2. The summed E-state index contributed by atoms with van der Waals surface area (Å²) in [5.41, 5.74) is 1.96. The van der Waals surface area contributed by atoms with E-state index in [-0.39, 0.29) is 11.6 Å². The molecule has 0 radical (unpaired) electrons. The van der Waals surface area contributed by atoms with E-state index in [1.165, 1.54) is 29.5 Å². The van der Waals surface area contributed by atoms with E-state index in [4.69, 9.17) is 0 Å². The third-order valence-electron chi connectivity index (χ3n) is 4.82. The van der Waals surface area contributed by atoms with E-state index in [9.17, 15) is 14.9 Å². The minimum absolute atomic E-state index is 0.0265. The van der Waals surface area contributed by atoms with Crippen molar-refractivity contribution in [3.63, 3.8) is 0 Å². The van der Waals surface area contributed by atoms with Crippen LogP contribution in [0.5, 0.6) is 0 Å². The maximum absolute atomic E-state index is 12.3. The van der Waals surface area contributed by atoms with Gasteiger partial charge in [-0.05, 0) is 35.5 Å². The lowest BCUT2D eigenvalue weighted by Gasteiger charge is -2.35. The summed E-state index contributed by atoms with van der Waals surface area (Å²) in [7, 11) is 1.91. The molecule has 4 rings (SSSR count). The number of amides is 1. The van der Waals surface area contributed by atoms with Gasteiger partial charge in [0.2, 0.25) is 0 Å². The number of thioether (sulfide) groups is 1. The molecule has 0 atom stereocenters. The molecule has 2 aliphatic heterocycles. The largest absolute Gasteiger partial charge is 0.348 e. The number of aryl methyl sites for hydroxylation is 1. The van der Waals surface area contributed by atoms with Crippen molar-refractivity contribution in [1.82, 2.24) is 19.6 Å². The molecule has 2 aliphatic rings. The van der Waals surface area contributed by atoms with Crippen molar-refractivity contribution >= 4 is 34.6 Å². The molecule has 10 heteroatoms. The van der Waals surface area contributed by atoms with E-state index in [0.717, 1.165) is 43.5 Å². The zero-order valence-electron chi connectivity index (χ0n) is 15.9. The van der Waals surface area contributed by atoms with E-state index >= 15 is 0 Å². The van der Waals surface area contributed by atoms with Gasteiger partial charge in [-0.15, -0.1) is 0 Å². The minimum Gasteiger partial charge on any atom is -0.348 e. The van der Waals surface area contributed by atoms with Gasteiger partial charge in [-0.3, -0.25) is 24.5 Å².